The van der Waals surface area contributed by atoms with Crippen molar-refractivity contribution in [1.82, 2.24) is 14.8 Å². The summed E-state index contributed by atoms with van der Waals surface area (Å²) >= 11 is 1.57. The molecule has 19 heavy (non-hydrogen) atoms. The Hall–Kier alpha value is -1.69. The van der Waals surface area contributed by atoms with Crippen LogP contribution in [0.2, 0.25) is 0 Å². The fourth-order valence-corrected chi connectivity index (χ4v) is 2.00. The van der Waals surface area contributed by atoms with Crippen molar-refractivity contribution in [1.29, 1.82) is 0 Å². The smallest absolute Gasteiger partial charge is 0.310 e. The lowest BCUT2D eigenvalue weighted by Gasteiger charge is -1.98. The summed E-state index contributed by atoms with van der Waals surface area (Å²) < 4.78 is 6.54. The van der Waals surface area contributed by atoms with Crippen molar-refractivity contribution in [2.75, 3.05) is 6.61 Å². The van der Waals surface area contributed by atoms with Crippen LogP contribution in [0.5, 0.6) is 0 Å². The van der Waals surface area contributed by atoms with Crippen LogP contribution in [-0.4, -0.2) is 27.3 Å². The maximum Gasteiger partial charge on any atom is 0.310 e. The summed E-state index contributed by atoms with van der Waals surface area (Å²) in [4.78, 5) is 15.6. The molecule has 2 heterocycles. The lowest BCUT2D eigenvalue weighted by molar-refractivity contribution is -0.142. The number of nitrogens with zero attached hydrogens (tertiary/aromatic N) is 3. The molecular weight excluding hydrogens is 262 g/mol. The largest absolute Gasteiger partial charge is 0.466 e. The number of ether oxygens (including phenoxy) is 1. The highest BCUT2D eigenvalue weighted by Gasteiger charge is 2.08. The van der Waals surface area contributed by atoms with Crippen molar-refractivity contribution in [3.8, 4) is 5.82 Å². The first kappa shape index (κ1) is 15.4. The molecule has 0 spiro atoms. The van der Waals surface area contributed by atoms with E-state index in [0.717, 1.165) is 16.4 Å². The molecule has 0 aliphatic rings. The molecule has 0 fully saturated rings. The standard InChI is InChI=1S/C11H13N3O2S.C2H6/c1-3-16-11(15)4-9-5-12-14(6-9)10-7-17-8(2)13-10;1-2/h5-7H,3-4H2,1-2H3;1-2H3. The van der Waals surface area contributed by atoms with E-state index in [4.69, 9.17) is 4.74 Å². The zero-order chi connectivity index (χ0) is 14.3. The Morgan fingerprint density at radius 1 is 1.47 bits per heavy atom. The molecule has 0 amide bonds. The van der Waals surface area contributed by atoms with E-state index in [1.165, 1.54) is 0 Å². The van der Waals surface area contributed by atoms with Crippen molar-refractivity contribution in [3.63, 3.8) is 0 Å². The number of hydrogen-bond donors (Lipinski definition) is 0. The molecule has 0 radical (unpaired) electrons. The molecule has 0 bridgehead atoms. The summed E-state index contributed by atoms with van der Waals surface area (Å²) in [6.07, 6.45) is 3.70. The van der Waals surface area contributed by atoms with Gasteiger partial charge in [0.05, 0.1) is 24.2 Å². The number of esters is 1. The molecule has 0 aromatic carbocycles. The van der Waals surface area contributed by atoms with Crippen LogP contribution in [0.1, 0.15) is 31.3 Å². The second-order valence-corrected chi connectivity index (χ2v) is 4.56. The van der Waals surface area contributed by atoms with E-state index in [-0.39, 0.29) is 12.4 Å². The Balaban J connectivity index is 0.000000861. The number of rotatable bonds is 4. The zero-order valence-corrected chi connectivity index (χ0v) is 12.5. The van der Waals surface area contributed by atoms with E-state index in [0.29, 0.717) is 6.61 Å². The number of carbonyl (C=O) groups is 1. The van der Waals surface area contributed by atoms with E-state index in [1.807, 2.05) is 26.2 Å². The second kappa shape index (κ2) is 7.68. The number of thiazole rings is 1. The van der Waals surface area contributed by atoms with Crippen LogP contribution in [0.4, 0.5) is 0 Å². The van der Waals surface area contributed by atoms with Crippen molar-refractivity contribution in [3.05, 3.63) is 28.3 Å². The SMILES string of the molecule is CC.CCOC(=O)Cc1cnn(-c2csc(C)n2)c1. The third kappa shape index (κ3) is 4.48. The van der Waals surface area contributed by atoms with Gasteiger partial charge in [0.15, 0.2) is 5.82 Å². The van der Waals surface area contributed by atoms with Gasteiger partial charge in [-0.1, -0.05) is 13.8 Å². The topological polar surface area (TPSA) is 57.0 Å². The second-order valence-electron chi connectivity index (χ2n) is 3.50. The van der Waals surface area contributed by atoms with Gasteiger partial charge in [0.1, 0.15) is 0 Å². The minimum atomic E-state index is -0.235. The summed E-state index contributed by atoms with van der Waals surface area (Å²) in [5.41, 5.74) is 0.828. The maximum absolute atomic E-state index is 11.3. The molecule has 0 aliphatic heterocycles. The Bertz CT molecular complexity index is 519. The Kier molecular flexibility index (Phi) is 6.21. The minimum Gasteiger partial charge on any atom is -0.466 e. The number of aryl methyl sites for hydroxylation is 1. The summed E-state index contributed by atoms with van der Waals surface area (Å²) in [7, 11) is 0. The molecule has 2 aromatic rings. The van der Waals surface area contributed by atoms with Gasteiger partial charge >= 0.3 is 5.97 Å². The Morgan fingerprint density at radius 3 is 2.79 bits per heavy atom. The van der Waals surface area contributed by atoms with Crippen LogP contribution in [0.25, 0.3) is 5.82 Å². The summed E-state index contributed by atoms with van der Waals surface area (Å²) in [5, 5.41) is 7.08. The first-order valence-corrected chi connectivity index (χ1v) is 7.18. The molecule has 2 rings (SSSR count). The van der Waals surface area contributed by atoms with Crippen molar-refractivity contribution in [2.45, 2.75) is 34.1 Å². The fourth-order valence-electron chi connectivity index (χ4n) is 1.41. The Morgan fingerprint density at radius 2 is 2.21 bits per heavy atom. The number of carbonyl (C=O) groups excluding carboxylic acids is 1. The highest BCUT2D eigenvalue weighted by Crippen LogP contribution is 2.13. The third-order valence-electron chi connectivity index (χ3n) is 2.13. The quantitative estimate of drug-likeness (QED) is 0.809. The van der Waals surface area contributed by atoms with Gasteiger partial charge in [-0.15, -0.1) is 11.3 Å². The van der Waals surface area contributed by atoms with Crippen molar-refractivity contribution >= 4 is 17.3 Å². The highest BCUT2D eigenvalue weighted by molar-refractivity contribution is 7.09. The van der Waals surface area contributed by atoms with E-state index < -0.39 is 0 Å². The van der Waals surface area contributed by atoms with Gasteiger partial charge in [0.2, 0.25) is 0 Å². The molecule has 5 nitrogen and oxygen atoms in total. The monoisotopic (exact) mass is 281 g/mol. The molecule has 2 aromatic heterocycles. The summed E-state index contributed by atoms with van der Waals surface area (Å²) in [5.74, 6) is 0.545. The predicted molar refractivity (Wildman–Crippen MR) is 75.7 cm³/mol. The lowest BCUT2D eigenvalue weighted by Crippen LogP contribution is -2.06. The first-order chi connectivity index (χ1) is 9.19. The van der Waals surface area contributed by atoms with Crippen LogP contribution in [0.3, 0.4) is 0 Å². The molecule has 0 aliphatic carbocycles. The van der Waals surface area contributed by atoms with E-state index in [2.05, 4.69) is 10.1 Å². The molecule has 0 N–H and O–H groups in total. The molecular formula is C13H19N3O2S. The molecule has 6 heteroatoms. The zero-order valence-electron chi connectivity index (χ0n) is 11.7. The average molecular weight is 281 g/mol. The van der Waals surface area contributed by atoms with Gasteiger partial charge in [-0.25, -0.2) is 9.67 Å². The third-order valence-corrected chi connectivity index (χ3v) is 2.89. The normalized spacial score (nSPS) is 9.68. The number of hydrogen-bond acceptors (Lipinski definition) is 5. The van der Waals surface area contributed by atoms with Crippen LogP contribution in [0, 0.1) is 6.92 Å². The van der Waals surface area contributed by atoms with E-state index in [9.17, 15) is 4.79 Å². The van der Waals surface area contributed by atoms with Gasteiger partial charge in [-0.05, 0) is 13.8 Å². The van der Waals surface area contributed by atoms with Gasteiger partial charge in [-0.2, -0.15) is 5.10 Å². The van der Waals surface area contributed by atoms with Crippen molar-refractivity contribution in [2.24, 2.45) is 0 Å². The van der Waals surface area contributed by atoms with E-state index in [1.54, 1.807) is 35.3 Å². The fraction of sp³-hybridized carbons (Fsp3) is 0.462. The average Bonchev–Trinajstić information content (AvgIpc) is 3.01. The minimum absolute atomic E-state index is 0.235. The van der Waals surface area contributed by atoms with Crippen LogP contribution in [0.15, 0.2) is 17.8 Å². The van der Waals surface area contributed by atoms with Gasteiger partial charge < -0.3 is 4.74 Å². The van der Waals surface area contributed by atoms with Crippen LogP contribution in [-0.2, 0) is 16.0 Å². The van der Waals surface area contributed by atoms with Gasteiger partial charge in [-0.3, -0.25) is 4.79 Å². The van der Waals surface area contributed by atoms with Crippen LogP contribution < -0.4 is 0 Å². The molecule has 0 saturated heterocycles. The molecule has 0 unspecified atom stereocenters. The van der Waals surface area contributed by atoms with Crippen LogP contribution >= 0.6 is 11.3 Å². The highest BCUT2D eigenvalue weighted by atomic mass is 32.1. The molecule has 0 saturated carbocycles. The van der Waals surface area contributed by atoms with Gasteiger partial charge in [0, 0.05) is 17.1 Å². The lowest BCUT2D eigenvalue weighted by atomic mass is 10.3. The summed E-state index contributed by atoms with van der Waals surface area (Å²) in [6, 6.07) is 0. The first-order valence-electron chi connectivity index (χ1n) is 6.30. The molecule has 0 atom stereocenters. The maximum atomic E-state index is 11.3. The van der Waals surface area contributed by atoms with E-state index >= 15 is 0 Å². The summed E-state index contributed by atoms with van der Waals surface area (Å²) in [6.45, 7) is 8.13. The van der Waals surface area contributed by atoms with Gasteiger partial charge in [0.25, 0.3) is 0 Å². The van der Waals surface area contributed by atoms with Crippen molar-refractivity contribution < 1.29 is 9.53 Å². The Labute approximate surface area is 117 Å². The predicted octanol–water partition coefficient (Wildman–Crippen LogP) is 2.77. The number of aromatic nitrogens is 3. The molecule has 104 valence electrons.